The monoisotopic (exact) mass is 398 g/mol. The fraction of sp³-hybridized carbons (Fsp3) is 0.267. The van der Waals surface area contributed by atoms with E-state index in [0.29, 0.717) is 15.0 Å². The zero-order chi connectivity index (χ0) is 18.0. The van der Waals surface area contributed by atoms with E-state index in [0.717, 1.165) is 17.2 Å². The van der Waals surface area contributed by atoms with Crippen molar-refractivity contribution in [2.45, 2.75) is 12.5 Å². The molecule has 3 rings (SSSR count). The number of thioether (sulfide) groups is 1. The van der Waals surface area contributed by atoms with E-state index >= 15 is 0 Å². The number of nitrogens with one attached hydrogen (secondary N) is 1. The molecule has 1 N–H and O–H groups in total. The number of amides is 2. The van der Waals surface area contributed by atoms with Crippen molar-refractivity contribution in [3.63, 3.8) is 0 Å². The highest BCUT2D eigenvalue weighted by Crippen LogP contribution is 2.32. The third-order valence-corrected chi connectivity index (χ3v) is 6.30. The lowest BCUT2D eigenvalue weighted by Crippen LogP contribution is -2.38. The molecule has 10 heteroatoms. The van der Waals surface area contributed by atoms with Crippen LogP contribution in [0.4, 0.5) is 0 Å². The Labute approximate surface area is 154 Å². The quantitative estimate of drug-likeness (QED) is 0.590. The Kier molecular flexibility index (Phi) is 5.11. The van der Waals surface area contributed by atoms with Gasteiger partial charge in [0.2, 0.25) is 5.91 Å². The summed E-state index contributed by atoms with van der Waals surface area (Å²) in [6.45, 7) is 0.134. The van der Waals surface area contributed by atoms with Crippen molar-refractivity contribution in [2.24, 2.45) is 0 Å². The minimum atomic E-state index is -3.22. The van der Waals surface area contributed by atoms with Gasteiger partial charge in [0.1, 0.15) is 10.1 Å². The highest BCUT2D eigenvalue weighted by molar-refractivity contribution is 8.26. The number of thiocarbonyl (C=S) groups is 1. The van der Waals surface area contributed by atoms with Gasteiger partial charge in [-0.25, -0.2) is 8.42 Å². The number of carbonyl (C=O) groups is 2. The summed E-state index contributed by atoms with van der Waals surface area (Å²) < 4.78 is 28.2. The van der Waals surface area contributed by atoms with Crippen LogP contribution in [0.15, 0.2) is 39.2 Å². The number of furan rings is 1. The fourth-order valence-electron chi connectivity index (χ4n) is 2.35. The largest absolute Gasteiger partial charge is 0.465 e. The van der Waals surface area contributed by atoms with Gasteiger partial charge in [-0.05, 0) is 18.2 Å². The number of nitrogens with zero attached hydrogens (tertiary/aromatic N) is 1. The molecule has 132 valence electrons. The lowest BCUT2D eigenvalue weighted by atomic mass is 10.3. The van der Waals surface area contributed by atoms with Crippen LogP contribution in [0.1, 0.15) is 12.2 Å². The van der Waals surface area contributed by atoms with Gasteiger partial charge >= 0.3 is 0 Å². The van der Waals surface area contributed by atoms with E-state index in [1.807, 2.05) is 0 Å². The highest BCUT2D eigenvalue weighted by atomic mass is 32.2. The van der Waals surface area contributed by atoms with Crippen LogP contribution in [0.3, 0.4) is 0 Å². The van der Waals surface area contributed by atoms with Gasteiger partial charge in [0, 0.05) is 24.4 Å². The number of carbonyl (C=O) groups excluding carboxylic acids is 2. The first kappa shape index (κ1) is 17.9. The molecule has 0 aliphatic carbocycles. The van der Waals surface area contributed by atoms with Crippen molar-refractivity contribution >= 4 is 56.0 Å². The van der Waals surface area contributed by atoms with Crippen molar-refractivity contribution < 1.29 is 22.4 Å². The average Bonchev–Trinajstić information content (AvgIpc) is 3.21. The van der Waals surface area contributed by atoms with Gasteiger partial charge in [-0.2, -0.15) is 0 Å². The Hall–Kier alpha value is -1.91. The molecule has 0 saturated carbocycles. The summed E-state index contributed by atoms with van der Waals surface area (Å²) in [5.74, 6) is -0.197. The molecule has 1 unspecified atom stereocenters. The third kappa shape index (κ3) is 4.39. The highest BCUT2D eigenvalue weighted by Gasteiger charge is 2.32. The van der Waals surface area contributed by atoms with Crippen molar-refractivity contribution in [2.75, 3.05) is 12.3 Å². The Morgan fingerprint density at radius 2 is 2.32 bits per heavy atom. The summed E-state index contributed by atoms with van der Waals surface area (Å²) in [6.07, 6.45) is 4.59. The second-order valence-electron chi connectivity index (χ2n) is 5.43. The van der Waals surface area contributed by atoms with Crippen LogP contribution in [0.5, 0.6) is 0 Å². The second kappa shape index (κ2) is 7.14. The van der Waals surface area contributed by atoms with Crippen LogP contribution in [0.25, 0.3) is 6.08 Å². The van der Waals surface area contributed by atoms with Crippen LogP contribution in [0, 0.1) is 0 Å². The van der Waals surface area contributed by atoms with E-state index in [2.05, 4.69) is 5.32 Å². The standard InChI is InChI=1S/C15H14N2O5S3/c18-13(16-10-4-7-25(20,21)9-10)3-5-17-14(19)12(24-15(17)23)8-11-2-1-6-22-11/h1-2,4,6-8,10H,3,5,9H2,(H,16,18). The molecule has 3 heterocycles. The first-order valence-corrected chi connectivity index (χ1v) is 10.3. The van der Waals surface area contributed by atoms with E-state index in [-0.39, 0.29) is 30.5 Å². The fourth-order valence-corrected chi connectivity index (χ4v) is 4.88. The molecule has 0 aromatic carbocycles. The first-order valence-electron chi connectivity index (χ1n) is 7.33. The molecule has 0 bridgehead atoms. The van der Waals surface area contributed by atoms with Gasteiger partial charge in [-0.3, -0.25) is 14.5 Å². The maximum Gasteiger partial charge on any atom is 0.266 e. The molecule has 2 amide bonds. The Bertz CT molecular complexity index is 871. The predicted octanol–water partition coefficient (Wildman–Crippen LogP) is 1.30. The van der Waals surface area contributed by atoms with Crippen LogP contribution < -0.4 is 5.32 Å². The molecule has 1 saturated heterocycles. The number of hydrogen-bond donors (Lipinski definition) is 1. The van der Waals surface area contributed by atoms with Crippen molar-refractivity contribution in [1.29, 1.82) is 0 Å². The Morgan fingerprint density at radius 3 is 2.96 bits per heavy atom. The maximum atomic E-state index is 12.4. The molecule has 0 spiro atoms. The summed E-state index contributed by atoms with van der Waals surface area (Å²) >= 11 is 6.34. The molecule has 25 heavy (non-hydrogen) atoms. The van der Waals surface area contributed by atoms with Crippen molar-refractivity contribution in [3.05, 3.63) is 40.5 Å². The van der Waals surface area contributed by atoms with Gasteiger partial charge in [0.25, 0.3) is 5.91 Å². The molecule has 2 aliphatic heterocycles. The summed E-state index contributed by atoms with van der Waals surface area (Å²) in [5.41, 5.74) is 0. The van der Waals surface area contributed by atoms with E-state index < -0.39 is 15.9 Å². The predicted molar refractivity (Wildman–Crippen MR) is 98.1 cm³/mol. The van der Waals surface area contributed by atoms with E-state index in [1.165, 1.54) is 17.2 Å². The zero-order valence-corrected chi connectivity index (χ0v) is 15.3. The summed E-state index contributed by atoms with van der Waals surface area (Å²) in [7, 11) is -3.22. The summed E-state index contributed by atoms with van der Waals surface area (Å²) in [5, 5.41) is 3.71. The molecule has 1 aromatic rings. The summed E-state index contributed by atoms with van der Waals surface area (Å²) in [4.78, 5) is 26.1. The number of sulfone groups is 1. The summed E-state index contributed by atoms with van der Waals surface area (Å²) in [6, 6.07) is 2.92. The minimum Gasteiger partial charge on any atom is -0.465 e. The van der Waals surface area contributed by atoms with Crippen LogP contribution in [-0.2, 0) is 19.4 Å². The van der Waals surface area contributed by atoms with Gasteiger partial charge < -0.3 is 9.73 Å². The smallest absolute Gasteiger partial charge is 0.266 e. The lowest BCUT2D eigenvalue weighted by Gasteiger charge is -2.15. The maximum absolute atomic E-state index is 12.4. The molecule has 2 aliphatic rings. The zero-order valence-electron chi connectivity index (χ0n) is 12.9. The van der Waals surface area contributed by atoms with E-state index in [1.54, 1.807) is 18.2 Å². The topological polar surface area (TPSA) is 96.7 Å². The van der Waals surface area contributed by atoms with Gasteiger partial charge in [-0.15, -0.1) is 0 Å². The number of hydrogen-bond acceptors (Lipinski definition) is 7. The molecular formula is C15H14N2O5S3. The Balaban J connectivity index is 1.54. The number of rotatable bonds is 5. The van der Waals surface area contributed by atoms with Crippen LogP contribution in [-0.4, -0.2) is 47.8 Å². The van der Waals surface area contributed by atoms with E-state index in [9.17, 15) is 18.0 Å². The minimum absolute atomic E-state index is 0.0326. The van der Waals surface area contributed by atoms with Gasteiger partial charge in [-0.1, -0.05) is 24.0 Å². The van der Waals surface area contributed by atoms with E-state index in [4.69, 9.17) is 16.6 Å². The normalized spacial score (nSPS) is 23.6. The molecular weight excluding hydrogens is 384 g/mol. The van der Waals surface area contributed by atoms with Gasteiger partial charge in [0.15, 0.2) is 9.84 Å². The average molecular weight is 398 g/mol. The van der Waals surface area contributed by atoms with Crippen LogP contribution in [0.2, 0.25) is 0 Å². The molecule has 0 radical (unpaired) electrons. The molecule has 1 aromatic heterocycles. The molecule has 1 atom stereocenters. The molecule has 1 fully saturated rings. The molecule has 7 nitrogen and oxygen atoms in total. The van der Waals surface area contributed by atoms with Crippen molar-refractivity contribution in [3.8, 4) is 0 Å². The lowest BCUT2D eigenvalue weighted by molar-refractivity contribution is -0.124. The SMILES string of the molecule is O=C(CCN1C(=O)C(=Cc2ccco2)SC1=S)NC1C=CS(=O)(=O)C1. The van der Waals surface area contributed by atoms with Crippen molar-refractivity contribution in [1.82, 2.24) is 10.2 Å². The van der Waals surface area contributed by atoms with Crippen LogP contribution >= 0.6 is 24.0 Å². The third-order valence-electron chi connectivity index (χ3n) is 3.53. The second-order valence-corrected chi connectivity index (χ2v) is 9.04. The first-order chi connectivity index (χ1) is 11.8. The van der Waals surface area contributed by atoms with Gasteiger partial charge in [0.05, 0.1) is 23.0 Å². The Morgan fingerprint density at radius 1 is 1.52 bits per heavy atom.